The molecule has 3 fully saturated rings. The third-order valence-corrected chi connectivity index (χ3v) is 7.83. The number of hydrogen-bond donors (Lipinski definition) is 1. The highest BCUT2D eigenvalue weighted by atomic mass is 35.5. The van der Waals surface area contributed by atoms with E-state index in [1.807, 2.05) is 13.0 Å². The lowest BCUT2D eigenvalue weighted by Gasteiger charge is -2.36. The van der Waals surface area contributed by atoms with Gasteiger partial charge in [-0.15, -0.1) is 0 Å². The molecule has 3 amide bonds. The number of rotatable bonds is 2. The van der Waals surface area contributed by atoms with Crippen LogP contribution in [0, 0.1) is 18.8 Å². The number of carbonyl (C=O) groups is 3. The second kappa shape index (κ2) is 6.56. The highest BCUT2D eigenvalue weighted by Gasteiger charge is 2.74. The van der Waals surface area contributed by atoms with E-state index in [1.165, 1.54) is 4.90 Å². The molecule has 0 aliphatic carbocycles. The zero-order valence-corrected chi connectivity index (χ0v) is 18.5. The molecule has 4 unspecified atom stereocenters. The number of nitrogens with one attached hydrogen (secondary N) is 1. The van der Waals surface area contributed by atoms with Gasteiger partial charge < -0.3 is 10.1 Å². The Hall–Kier alpha value is -2.90. The van der Waals surface area contributed by atoms with E-state index in [1.54, 1.807) is 37.4 Å². The third-order valence-electron chi connectivity index (χ3n) is 7.53. The van der Waals surface area contributed by atoms with Crippen LogP contribution in [0.25, 0.3) is 0 Å². The summed E-state index contributed by atoms with van der Waals surface area (Å²) < 4.78 is 5.21. The fraction of sp³-hybridized carbons (Fsp3) is 0.375. The lowest BCUT2D eigenvalue weighted by atomic mass is 9.75. The molecule has 32 heavy (non-hydrogen) atoms. The monoisotopic (exact) mass is 451 g/mol. The SMILES string of the molecule is COc1ccc(N2C(=O)C3C4CCCN4C4(C(=O)Nc5c(Cl)cc(C)cc54)C3C2=O)cc1. The van der Waals surface area contributed by atoms with Crippen molar-refractivity contribution < 1.29 is 19.1 Å². The molecule has 1 N–H and O–H groups in total. The van der Waals surface area contributed by atoms with Gasteiger partial charge in [0.2, 0.25) is 11.8 Å². The maximum atomic E-state index is 13.9. The molecule has 0 aromatic heterocycles. The number of hydrogen-bond acceptors (Lipinski definition) is 5. The summed E-state index contributed by atoms with van der Waals surface area (Å²) in [6, 6.07) is 10.4. The lowest BCUT2D eigenvalue weighted by molar-refractivity contribution is -0.135. The molecule has 3 saturated heterocycles. The first kappa shape index (κ1) is 19.8. The highest BCUT2D eigenvalue weighted by molar-refractivity contribution is 6.35. The van der Waals surface area contributed by atoms with Gasteiger partial charge in [-0.1, -0.05) is 17.7 Å². The van der Waals surface area contributed by atoms with Crippen LogP contribution in [0.1, 0.15) is 24.0 Å². The van der Waals surface area contributed by atoms with Crippen molar-refractivity contribution in [3.63, 3.8) is 0 Å². The first-order chi connectivity index (χ1) is 15.4. The Kier molecular flexibility index (Phi) is 4.05. The Morgan fingerprint density at radius 3 is 2.59 bits per heavy atom. The van der Waals surface area contributed by atoms with Crippen molar-refractivity contribution in [2.45, 2.75) is 31.3 Å². The van der Waals surface area contributed by atoms with Crippen LogP contribution in [0.4, 0.5) is 11.4 Å². The summed E-state index contributed by atoms with van der Waals surface area (Å²) in [6.45, 7) is 2.58. The first-order valence-electron chi connectivity index (χ1n) is 10.8. The van der Waals surface area contributed by atoms with Crippen molar-refractivity contribution in [3.8, 4) is 5.75 Å². The van der Waals surface area contributed by atoms with Gasteiger partial charge in [0.05, 0.1) is 35.3 Å². The van der Waals surface area contributed by atoms with Gasteiger partial charge in [-0.25, -0.2) is 4.90 Å². The lowest BCUT2D eigenvalue weighted by Crippen LogP contribution is -2.54. The van der Waals surface area contributed by atoms with E-state index in [-0.39, 0.29) is 23.8 Å². The van der Waals surface area contributed by atoms with E-state index in [0.29, 0.717) is 34.3 Å². The fourth-order valence-corrected chi connectivity index (χ4v) is 6.70. The van der Waals surface area contributed by atoms with E-state index in [0.717, 1.165) is 18.4 Å². The number of methoxy groups -OCH3 is 1. The predicted molar refractivity (Wildman–Crippen MR) is 119 cm³/mol. The summed E-state index contributed by atoms with van der Waals surface area (Å²) in [5.74, 6) is -1.55. The van der Waals surface area contributed by atoms with Crippen molar-refractivity contribution in [2.75, 3.05) is 23.9 Å². The first-order valence-corrected chi connectivity index (χ1v) is 11.2. The number of imide groups is 1. The Labute approximate surface area is 190 Å². The molecule has 1 spiro atoms. The standard InChI is InChI=1S/C24H22ClN3O4/c1-12-10-15-20(16(25)11-12)26-23(31)24(15)19-18(17-4-3-9-27(17)24)21(29)28(22(19)30)13-5-7-14(32-2)8-6-13/h5-8,10-11,17-19H,3-4,9H2,1-2H3,(H,26,31). The summed E-state index contributed by atoms with van der Waals surface area (Å²) in [4.78, 5) is 44.6. The quantitative estimate of drug-likeness (QED) is 0.710. The van der Waals surface area contributed by atoms with Crippen LogP contribution in [-0.4, -0.2) is 42.3 Å². The average molecular weight is 452 g/mol. The molecule has 0 saturated carbocycles. The normalized spacial score (nSPS) is 30.7. The van der Waals surface area contributed by atoms with Crippen LogP contribution in [0.3, 0.4) is 0 Å². The number of benzene rings is 2. The summed E-state index contributed by atoms with van der Waals surface area (Å²) >= 11 is 6.50. The smallest absolute Gasteiger partial charge is 0.250 e. The third kappa shape index (κ3) is 2.22. The molecule has 4 aliphatic heterocycles. The topological polar surface area (TPSA) is 79.0 Å². The van der Waals surface area contributed by atoms with Crippen LogP contribution in [0.15, 0.2) is 36.4 Å². The molecule has 7 nitrogen and oxygen atoms in total. The zero-order valence-electron chi connectivity index (χ0n) is 17.7. The molecule has 4 aliphatic rings. The van der Waals surface area contributed by atoms with Gasteiger partial charge >= 0.3 is 0 Å². The van der Waals surface area contributed by atoms with Crippen LogP contribution >= 0.6 is 11.6 Å². The maximum Gasteiger partial charge on any atom is 0.250 e. The van der Waals surface area contributed by atoms with E-state index >= 15 is 0 Å². The number of nitrogens with zero attached hydrogens (tertiary/aromatic N) is 2. The molecule has 0 bridgehead atoms. The highest BCUT2D eigenvalue weighted by Crippen LogP contribution is 2.61. The van der Waals surface area contributed by atoms with Gasteiger partial charge in [-0.05, 0) is 62.2 Å². The van der Waals surface area contributed by atoms with Crippen molar-refractivity contribution in [1.82, 2.24) is 4.90 Å². The molecule has 6 rings (SSSR count). The largest absolute Gasteiger partial charge is 0.497 e. The Morgan fingerprint density at radius 1 is 1.12 bits per heavy atom. The van der Waals surface area contributed by atoms with Gasteiger partial charge in [0, 0.05) is 11.6 Å². The predicted octanol–water partition coefficient (Wildman–Crippen LogP) is 3.09. The van der Waals surface area contributed by atoms with Crippen molar-refractivity contribution >= 4 is 40.7 Å². The minimum atomic E-state index is -1.22. The number of anilines is 2. The molecular weight excluding hydrogens is 430 g/mol. The second-order valence-corrected chi connectivity index (χ2v) is 9.41. The Balaban J connectivity index is 1.54. The molecular formula is C24H22ClN3O4. The van der Waals surface area contributed by atoms with Crippen molar-refractivity contribution in [2.24, 2.45) is 11.8 Å². The van der Waals surface area contributed by atoms with Crippen LogP contribution in [0.5, 0.6) is 5.75 Å². The summed E-state index contributed by atoms with van der Waals surface area (Å²) in [5.41, 5.74) is 1.45. The van der Waals surface area contributed by atoms with Crippen molar-refractivity contribution in [1.29, 1.82) is 0 Å². The average Bonchev–Trinajstić information content (AvgIpc) is 3.47. The van der Waals surface area contributed by atoms with Gasteiger partial charge in [-0.2, -0.15) is 0 Å². The molecule has 0 radical (unpaired) electrons. The van der Waals surface area contributed by atoms with Gasteiger partial charge in [0.15, 0.2) is 0 Å². The summed E-state index contributed by atoms with van der Waals surface area (Å²) in [6.07, 6.45) is 1.66. The van der Waals surface area contributed by atoms with Crippen LogP contribution in [-0.2, 0) is 19.9 Å². The number of carbonyl (C=O) groups excluding carboxylic acids is 3. The van der Waals surface area contributed by atoms with Crippen molar-refractivity contribution in [3.05, 3.63) is 52.5 Å². The molecule has 2 aromatic rings. The van der Waals surface area contributed by atoms with E-state index in [9.17, 15) is 14.4 Å². The number of aryl methyl sites for hydroxylation is 1. The van der Waals surface area contributed by atoms with E-state index < -0.39 is 17.4 Å². The van der Waals surface area contributed by atoms with Crippen LogP contribution < -0.4 is 15.0 Å². The van der Waals surface area contributed by atoms with Crippen LogP contribution in [0.2, 0.25) is 5.02 Å². The minimum absolute atomic E-state index is 0.157. The number of fused-ring (bicyclic) bond motifs is 7. The van der Waals surface area contributed by atoms with Gasteiger partial charge in [0.25, 0.3) is 5.91 Å². The molecule has 2 aromatic carbocycles. The minimum Gasteiger partial charge on any atom is -0.497 e. The summed E-state index contributed by atoms with van der Waals surface area (Å²) in [5, 5.41) is 3.40. The molecule has 4 heterocycles. The maximum absolute atomic E-state index is 13.9. The Morgan fingerprint density at radius 2 is 1.88 bits per heavy atom. The summed E-state index contributed by atoms with van der Waals surface area (Å²) in [7, 11) is 1.56. The number of halogens is 1. The zero-order chi connectivity index (χ0) is 22.4. The molecule has 8 heteroatoms. The second-order valence-electron chi connectivity index (χ2n) is 9.01. The van der Waals surface area contributed by atoms with E-state index in [4.69, 9.17) is 16.3 Å². The van der Waals surface area contributed by atoms with E-state index in [2.05, 4.69) is 10.2 Å². The fourth-order valence-electron chi connectivity index (χ4n) is 6.38. The number of amides is 3. The van der Waals surface area contributed by atoms with Gasteiger partial charge in [-0.3, -0.25) is 19.3 Å². The molecule has 4 atom stereocenters. The Bertz CT molecular complexity index is 1200. The molecule has 164 valence electrons. The number of ether oxygens (including phenoxy) is 1. The van der Waals surface area contributed by atoms with Gasteiger partial charge in [0.1, 0.15) is 11.3 Å².